The Morgan fingerprint density at radius 3 is 1.15 bits per heavy atom. The van der Waals surface area contributed by atoms with E-state index in [1.165, 1.54) is 0 Å². The predicted octanol–water partition coefficient (Wildman–Crippen LogP) is 10.8. The number of ketones is 2. The number of nitrogens with one attached hydrogen (secondary N) is 1. The Labute approximate surface area is 416 Å². The lowest BCUT2D eigenvalue weighted by Crippen LogP contribution is -2.32. The minimum atomic E-state index is -0.785. The van der Waals surface area contributed by atoms with Crippen molar-refractivity contribution in [1.29, 1.82) is 0 Å². The molecule has 1 amide bonds. The first-order chi connectivity index (χ1) is 31.8. The number of carboxylic acid groups (broad SMARTS) is 1. The monoisotopic (exact) mass is 977 g/mol. The van der Waals surface area contributed by atoms with E-state index in [1.807, 2.05) is 66.1 Å². The normalized spacial score (nSPS) is 12.9. The fourth-order valence-electron chi connectivity index (χ4n) is 7.07. The highest BCUT2D eigenvalue weighted by Gasteiger charge is 2.26. The molecule has 0 bridgehead atoms. The predicted molar refractivity (Wildman–Crippen MR) is 277 cm³/mol. The molecule has 0 aromatic heterocycles. The number of hydrogen-bond acceptors (Lipinski definition) is 11. The van der Waals surface area contributed by atoms with E-state index in [2.05, 4.69) is 33.0 Å². The Morgan fingerprint density at radius 1 is 0.544 bits per heavy atom. The van der Waals surface area contributed by atoms with Gasteiger partial charge in [-0.25, -0.2) is 0 Å². The van der Waals surface area contributed by atoms with Gasteiger partial charge in [0.1, 0.15) is 0 Å². The van der Waals surface area contributed by atoms with E-state index in [9.17, 15) is 24.3 Å². The van der Waals surface area contributed by atoms with Crippen LogP contribution in [0.25, 0.3) is 0 Å². The molecule has 0 aliphatic heterocycles. The number of benzene rings is 2. The summed E-state index contributed by atoms with van der Waals surface area (Å²) < 4.78 is 32.5. The Balaban J connectivity index is 0. The molecule has 0 aliphatic carbocycles. The van der Waals surface area contributed by atoms with Gasteiger partial charge in [-0.15, -0.1) is 12.4 Å². The number of halogens is 1. The summed E-state index contributed by atoms with van der Waals surface area (Å²) in [7, 11) is 13.8. The number of Topliss-reactive ketones (excluding diaryl/α,β-unsaturated/α-hetero) is 2. The lowest BCUT2D eigenvalue weighted by atomic mass is 9.84. The summed E-state index contributed by atoms with van der Waals surface area (Å²) in [4.78, 5) is 52.0. The van der Waals surface area contributed by atoms with Crippen molar-refractivity contribution in [3.05, 3.63) is 71.8 Å². The molecule has 0 fully saturated rings. The van der Waals surface area contributed by atoms with Crippen LogP contribution < -0.4 is 24.3 Å². The summed E-state index contributed by atoms with van der Waals surface area (Å²) in [5, 5.41) is 12.1. The number of allylic oxidation sites excluding steroid dienone is 4. The number of ether oxygens (including phenoxy) is 6. The van der Waals surface area contributed by atoms with Crippen LogP contribution in [0, 0.1) is 47.3 Å². The highest BCUT2D eigenvalue weighted by Crippen LogP contribution is 2.33. The molecule has 388 valence electrons. The molecule has 0 aliphatic rings. The minimum absolute atomic E-state index is 0. The van der Waals surface area contributed by atoms with E-state index in [0.717, 1.165) is 12.8 Å². The molecule has 14 heteroatoms. The summed E-state index contributed by atoms with van der Waals surface area (Å²) in [6, 6.07) is 10.6. The number of carbonyl (C=O) groups excluding carboxylic acids is 3. The largest absolute Gasteiger partial charge is 0.493 e. The van der Waals surface area contributed by atoms with Gasteiger partial charge in [0, 0.05) is 83.3 Å². The lowest BCUT2D eigenvalue weighted by molar-refractivity contribution is -0.143. The molecule has 2 rings (SSSR count). The minimum Gasteiger partial charge on any atom is -0.493 e. The SMILES string of the molecule is CNC.COCCCOc1cc(C(=O)C(C/C=C/C[C@H](C(=O)N(C)C)C(C)C)C(C)C)ccc1OC.COCCCOc1cc(C(=O)C(C/C=C/C[C@H](C(=O)O)C(C)C)C(C)C)ccc1OC.Cl. The van der Waals surface area contributed by atoms with Crippen molar-refractivity contribution < 1.29 is 52.7 Å². The van der Waals surface area contributed by atoms with Gasteiger partial charge in [0.15, 0.2) is 34.6 Å². The first-order valence-electron chi connectivity index (χ1n) is 23.8. The number of rotatable bonds is 30. The van der Waals surface area contributed by atoms with Crippen LogP contribution in [0.2, 0.25) is 0 Å². The maximum Gasteiger partial charge on any atom is 0.307 e. The molecule has 4 atom stereocenters. The van der Waals surface area contributed by atoms with Gasteiger partial charge >= 0.3 is 5.97 Å². The molecule has 0 spiro atoms. The van der Waals surface area contributed by atoms with Crippen LogP contribution in [-0.4, -0.2) is 117 Å². The quantitative estimate of drug-likeness (QED) is 0.0434. The number of methoxy groups -OCH3 is 4. The Hall–Kier alpha value is -4.43. The molecule has 2 aromatic carbocycles. The van der Waals surface area contributed by atoms with E-state index in [0.29, 0.717) is 86.2 Å². The zero-order chi connectivity index (χ0) is 51.1. The molecule has 2 N–H and O–H groups in total. The second-order valence-electron chi connectivity index (χ2n) is 18.2. The van der Waals surface area contributed by atoms with Crippen molar-refractivity contribution in [3.8, 4) is 23.0 Å². The Morgan fingerprint density at radius 2 is 0.868 bits per heavy atom. The van der Waals surface area contributed by atoms with Crippen molar-refractivity contribution in [3.63, 3.8) is 0 Å². The van der Waals surface area contributed by atoms with Crippen LogP contribution in [0.3, 0.4) is 0 Å². The highest BCUT2D eigenvalue weighted by molar-refractivity contribution is 5.99. The van der Waals surface area contributed by atoms with E-state index >= 15 is 0 Å². The summed E-state index contributed by atoms with van der Waals surface area (Å²) in [6.45, 7) is 18.3. The molecule has 0 saturated carbocycles. The first-order valence-corrected chi connectivity index (χ1v) is 23.8. The van der Waals surface area contributed by atoms with E-state index in [1.54, 1.807) is 83.8 Å². The third kappa shape index (κ3) is 24.7. The number of aliphatic carboxylic acids is 1. The molecular weight excluding hydrogens is 888 g/mol. The zero-order valence-corrected chi connectivity index (χ0v) is 45.2. The average Bonchev–Trinajstić information content (AvgIpc) is 3.28. The smallest absolute Gasteiger partial charge is 0.307 e. The van der Waals surface area contributed by atoms with Crippen molar-refractivity contribution in [2.24, 2.45) is 47.3 Å². The van der Waals surface area contributed by atoms with Crippen LogP contribution in [0.4, 0.5) is 0 Å². The fourth-order valence-corrected chi connectivity index (χ4v) is 7.07. The van der Waals surface area contributed by atoms with Crippen LogP contribution >= 0.6 is 12.4 Å². The van der Waals surface area contributed by atoms with Crippen molar-refractivity contribution in [2.75, 3.05) is 83.1 Å². The molecule has 68 heavy (non-hydrogen) atoms. The standard InChI is InChI=1S/C27H43NO5.C25H38O6.C2H7N.ClH/c1-19(2)22(12-9-10-13-23(20(3)4)27(30)28(5)6)26(29)21-14-15-24(32-8)25(18-21)33-17-11-16-31-7;1-17(2)20(10-7-8-11-21(18(3)4)25(27)28)24(26)19-12-13-22(30-6)23(16-19)31-15-9-14-29-5;1-3-2;/h9-10,14-15,18-20,22-23H,11-13,16-17H2,1-8H3;7-8,12-13,16-18,20-21H,9-11,14-15H2,1-6H3,(H,27,28);3H,1-2H3;1H/b10-9+;8-7+;;/t22?,23-;20?,21-;;/m00../s1. The zero-order valence-electron chi connectivity index (χ0n) is 44.3. The maximum absolute atomic E-state index is 13.3. The number of amides is 1. The lowest BCUT2D eigenvalue weighted by Gasteiger charge is -2.22. The van der Waals surface area contributed by atoms with Crippen molar-refractivity contribution >= 4 is 35.9 Å². The first kappa shape index (κ1) is 65.7. The third-order valence-electron chi connectivity index (χ3n) is 11.3. The van der Waals surface area contributed by atoms with Gasteiger partial charge in [-0.1, -0.05) is 79.7 Å². The fraction of sp³-hybridized carbons (Fsp3) is 0.630. The second-order valence-corrected chi connectivity index (χ2v) is 18.2. The molecule has 0 saturated heterocycles. The third-order valence-corrected chi connectivity index (χ3v) is 11.3. The van der Waals surface area contributed by atoms with Crippen LogP contribution in [0.1, 0.15) is 115 Å². The van der Waals surface area contributed by atoms with Crippen LogP contribution in [-0.2, 0) is 19.1 Å². The number of hydrogen-bond donors (Lipinski definition) is 2. The van der Waals surface area contributed by atoms with Gasteiger partial charge < -0.3 is 43.7 Å². The van der Waals surface area contributed by atoms with Gasteiger partial charge in [-0.2, -0.15) is 0 Å². The van der Waals surface area contributed by atoms with Crippen molar-refractivity contribution in [2.45, 2.75) is 93.9 Å². The van der Waals surface area contributed by atoms with E-state index < -0.39 is 11.9 Å². The summed E-state index contributed by atoms with van der Waals surface area (Å²) >= 11 is 0. The van der Waals surface area contributed by atoms with Crippen molar-refractivity contribution in [1.82, 2.24) is 10.2 Å². The van der Waals surface area contributed by atoms with E-state index in [-0.39, 0.29) is 71.3 Å². The second kappa shape index (κ2) is 37.5. The van der Waals surface area contributed by atoms with Gasteiger partial charge in [-0.3, -0.25) is 19.2 Å². The average molecular weight is 978 g/mol. The molecule has 0 radical (unpaired) electrons. The number of nitrogens with zero attached hydrogens (tertiary/aromatic N) is 1. The Bertz CT molecular complexity index is 1780. The molecule has 2 aromatic rings. The molecule has 0 heterocycles. The Kier molecular flexibility index (Phi) is 36.2. The maximum atomic E-state index is 13.3. The van der Waals surface area contributed by atoms with Gasteiger partial charge in [0.2, 0.25) is 5.91 Å². The van der Waals surface area contributed by atoms with Crippen LogP contribution in [0.5, 0.6) is 23.0 Å². The summed E-state index contributed by atoms with van der Waals surface area (Å²) in [5.74, 6) is 1.62. The van der Waals surface area contributed by atoms with Gasteiger partial charge in [0.25, 0.3) is 0 Å². The summed E-state index contributed by atoms with van der Waals surface area (Å²) in [5.41, 5.74) is 1.20. The summed E-state index contributed by atoms with van der Waals surface area (Å²) in [6.07, 6.45) is 11.8. The number of carbonyl (C=O) groups is 4. The van der Waals surface area contributed by atoms with Gasteiger partial charge in [-0.05, 0) is 99.8 Å². The van der Waals surface area contributed by atoms with E-state index in [4.69, 9.17) is 28.4 Å². The molecular formula is C54H89ClN2O11. The van der Waals surface area contributed by atoms with Gasteiger partial charge in [0.05, 0.1) is 33.4 Å². The highest BCUT2D eigenvalue weighted by atomic mass is 35.5. The molecule has 2 unspecified atom stereocenters. The topological polar surface area (TPSA) is 159 Å². The molecule has 13 nitrogen and oxygen atoms in total. The van der Waals surface area contributed by atoms with Crippen LogP contribution in [0.15, 0.2) is 60.7 Å². The number of carboxylic acids is 1.